The van der Waals surface area contributed by atoms with E-state index in [0.29, 0.717) is 22.8 Å². The van der Waals surface area contributed by atoms with Crippen molar-refractivity contribution in [3.8, 4) is 5.75 Å². The fraction of sp³-hybridized carbons (Fsp3) is 0.190. The third-order valence-corrected chi connectivity index (χ3v) is 5.97. The minimum Gasteiger partial charge on any atom is -0.493 e. The zero-order valence-corrected chi connectivity index (χ0v) is 18.7. The van der Waals surface area contributed by atoms with E-state index in [9.17, 15) is 14.7 Å². The summed E-state index contributed by atoms with van der Waals surface area (Å²) in [6.07, 6.45) is 2.55. The number of carboxylic acids is 1. The number of ether oxygens (including phenoxy) is 1. The number of thioether (sulfide) groups is 1. The van der Waals surface area contributed by atoms with Crippen molar-refractivity contribution in [1.29, 1.82) is 0 Å². The Kier molecular flexibility index (Phi) is 7.10. The number of thiocarbonyl (C=S) groups is 1. The highest BCUT2D eigenvalue weighted by molar-refractivity contribution is 9.10. The van der Waals surface area contributed by atoms with E-state index in [2.05, 4.69) is 15.9 Å². The molecule has 0 aliphatic carbocycles. The molecule has 1 amide bonds. The standard InChI is InChI=1S/C21H18BrNO4S2/c1-2-10-27-16-9-8-15(22)11-14(16)12-17-19(24)23(21(28)29-17)18(20(25)26)13-6-4-3-5-7-13/h3-9,11-12,18H,2,10H2,1H3,(H,25,26)/b17-12+. The van der Waals surface area contributed by atoms with Crippen molar-refractivity contribution < 1.29 is 19.4 Å². The minimum absolute atomic E-state index is 0.212. The van der Waals surface area contributed by atoms with Gasteiger partial charge in [0.25, 0.3) is 5.91 Å². The first-order valence-corrected chi connectivity index (χ1v) is 10.9. The van der Waals surface area contributed by atoms with Gasteiger partial charge in [-0.25, -0.2) is 4.79 Å². The first-order valence-electron chi connectivity index (χ1n) is 8.89. The lowest BCUT2D eigenvalue weighted by molar-refractivity contribution is -0.145. The van der Waals surface area contributed by atoms with Crippen LogP contribution in [-0.4, -0.2) is 32.8 Å². The molecule has 1 atom stereocenters. The Balaban J connectivity index is 1.97. The van der Waals surface area contributed by atoms with Crippen molar-refractivity contribution >= 4 is 62.2 Å². The van der Waals surface area contributed by atoms with Crippen LogP contribution in [0.15, 0.2) is 57.9 Å². The molecule has 1 saturated heterocycles. The number of nitrogens with zero attached hydrogens (tertiary/aromatic N) is 1. The maximum absolute atomic E-state index is 13.1. The number of amides is 1. The average Bonchev–Trinajstić information content (AvgIpc) is 2.96. The molecule has 1 aliphatic heterocycles. The van der Waals surface area contributed by atoms with Gasteiger partial charge in [0, 0.05) is 10.0 Å². The Labute approximate surface area is 186 Å². The second kappa shape index (κ2) is 9.56. The Bertz CT molecular complexity index is 978. The van der Waals surface area contributed by atoms with Crippen LogP contribution in [0.25, 0.3) is 6.08 Å². The van der Waals surface area contributed by atoms with Crippen molar-refractivity contribution in [3.05, 3.63) is 69.0 Å². The first-order chi connectivity index (χ1) is 13.9. The summed E-state index contributed by atoms with van der Waals surface area (Å²) in [6, 6.07) is 13.0. The molecule has 0 aromatic heterocycles. The number of halogens is 1. The van der Waals surface area contributed by atoms with Crippen molar-refractivity contribution in [2.75, 3.05) is 6.61 Å². The number of aliphatic carboxylic acids is 1. The van der Waals surface area contributed by atoms with E-state index in [1.165, 1.54) is 0 Å². The molecule has 1 aliphatic rings. The predicted molar refractivity (Wildman–Crippen MR) is 122 cm³/mol. The van der Waals surface area contributed by atoms with Crippen LogP contribution < -0.4 is 4.74 Å². The maximum Gasteiger partial charge on any atom is 0.331 e. The summed E-state index contributed by atoms with van der Waals surface area (Å²) in [6.45, 7) is 2.57. The van der Waals surface area contributed by atoms with E-state index >= 15 is 0 Å². The Morgan fingerprint density at radius 2 is 2.03 bits per heavy atom. The van der Waals surface area contributed by atoms with Gasteiger partial charge in [-0.05, 0) is 36.3 Å². The first kappa shape index (κ1) is 21.5. The average molecular weight is 492 g/mol. The highest BCUT2D eigenvalue weighted by Crippen LogP contribution is 2.39. The van der Waals surface area contributed by atoms with Crippen LogP contribution >= 0.6 is 39.9 Å². The largest absolute Gasteiger partial charge is 0.493 e. The SMILES string of the molecule is CCCOc1ccc(Br)cc1/C=C1/SC(=S)N(C(C(=O)O)c2ccccc2)C1=O. The van der Waals surface area contributed by atoms with Gasteiger partial charge >= 0.3 is 5.97 Å². The van der Waals surface area contributed by atoms with Gasteiger partial charge in [0.05, 0.1) is 11.5 Å². The van der Waals surface area contributed by atoms with Gasteiger partial charge in [-0.3, -0.25) is 9.69 Å². The molecule has 2 aromatic rings. The molecule has 150 valence electrons. The molecule has 1 fully saturated rings. The van der Waals surface area contributed by atoms with E-state index in [1.54, 1.807) is 36.4 Å². The summed E-state index contributed by atoms with van der Waals surface area (Å²) in [5.41, 5.74) is 1.21. The summed E-state index contributed by atoms with van der Waals surface area (Å²) >= 11 is 9.88. The number of rotatable bonds is 7. The molecule has 0 radical (unpaired) electrons. The molecule has 1 unspecified atom stereocenters. The smallest absolute Gasteiger partial charge is 0.331 e. The van der Waals surface area contributed by atoms with Crippen molar-refractivity contribution in [3.63, 3.8) is 0 Å². The molecule has 8 heteroatoms. The number of carbonyl (C=O) groups is 2. The maximum atomic E-state index is 13.1. The van der Waals surface area contributed by atoms with Crippen LogP contribution in [0.1, 0.15) is 30.5 Å². The quantitative estimate of drug-likeness (QED) is 0.420. The zero-order chi connectivity index (χ0) is 21.0. The monoisotopic (exact) mass is 491 g/mol. The zero-order valence-electron chi connectivity index (χ0n) is 15.5. The summed E-state index contributed by atoms with van der Waals surface area (Å²) in [5, 5.41) is 9.77. The van der Waals surface area contributed by atoms with Crippen LogP contribution in [0, 0.1) is 0 Å². The van der Waals surface area contributed by atoms with Gasteiger partial charge in [0.2, 0.25) is 0 Å². The van der Waals surface area contributed by atoms with Crippen molar-refractivity contribution in [2.24, 2.45) is 0 Å². The van der Waals surface area contributed by atoms with Crippen LogP contribution in [0.4, 0.5) is 0 Å². The highest BCUT2D eigenvalue weighted by atomic mass is 79.9. The lowest BCUT2D eigenvalue weighted by Crippen LogP contribution is -2.37. The lowest BCUT2D eigenvalue weighted by atomic mass is 10.1. The van der Waals surface area contributed by atoms with Crippen LogP contribution in [0.5, 0.6) is 5.75 Å². The van der Waals surface area contributed by atoms with Gasteiger partial charge < -0.3 is 9.84 Å². The molecular weight excluding hydrogens is 474 g/mol. The molecule has 29 heavy (non-hydrogen) atoms. The fourth-order valence-corrected chi connectivity index (χ4v) is 4.54. The molecule has 3 rings (SSSR count). The van der Waals surface area contributed by atoms with Crippen molar-refractivity contribution in [2.45, 2.75) is 19.4 Å². The van der Waals surface area contributed by atoms with E-state index in [4.69, 9.17) is 17.0 Å². The van der Waals surface area contributed by atoms with E-state index in [0.717, 1.165) is 33.1 Å². The lowest BCUT2D eigenvalue weighted by Gasteiger charge is -2.23. The fourth-order valence-electron chi connectivity index (χ4n) is 2.86. The number of carboxylic acid groups (broad SMARTS) is 1. The molecule has 1 heterocycles. The summed E-state index contributed by atoms with van der Waals surface area (Å²) in [7, 11) is 0. The second-order valence-electron chi connectivity index (χ2n) is 6.23. The summed E-state index contributed by atoms with van der Waals surface area (Å²) in [5.74, 6) is -0.918. The van der Waals surface area contributed by atoms with E-state index in [-0.39, 0.29) is 4.32 Å². The molecule has 1 N–H and O–H groups in total. The third-order valence-electron chi connectivity index (χ3n) is 4.15. The second-order valence-corrected chi connectivity index (χ2v) is 8.83. The number of hydrogen-bond acceptors (Lipinski definition) is 5. The van der Waals surface area contributed by atoms with Gasteiger partial charge in [0.15, 0.2) is 6.04 Å². The molecule has 0 saturated carbocycles. The molecule has 0 bridgehead atoms. The van der Waals surface area contributed by atoms with Crippen molar-refractivity contribution in [1.82, 2.24) is 4.90 Å². The van der Waals surface area contributed by atoms with Gasteiger partial charge in [-0.2, -0.15) is 0 Å². The Hall–Kier alpha value is -2.16. The highest BCUT2D eigenvalue weighted by Gasteiger charge is 2.41. The van der Waals surface area contributed by atoms with Crippen LogP contribution in [0.3, 0.4) is 0 Å². The van der Waals surface area contributed by atoms with E-state index in [1.807, 2.05) is 25.1 Å². The molecule has 5 nitrogen and oxygen atoms in total. The minimum atomic E-state index is -1.17. The Morgan fingerprint density at radius 1 is 1.31 bits per heavy atom. The molecule has 0 spiro atoms. The molecular formula is C21H18BrNO4S2. The number of benzene rings is 2. The summed E-state index contributed by atoms with van der Waals surface area (Å²) < 4.78 is 6.82. The normalized spacial score (nSPS) is 16.3. The Morgan fingerprint density at radius 3 is 2.69 bits per heavy atom. The van der Waals surface area contributed by atoms with Crippen LogP contribution in [0.2, 0.25) is 0 Å². The molecule has 2 aromatic carbocycles. The van der Waals surface area contributed by atoms with E-state index < -0.39 is 17.9 Å². The third kappa shape index (κ3) is 4.88. The summed E-state index contributed by atoms with van der Waals surface area (Å²) in [4.78, 5) is 26.6. The topological polar surface area (TPSA) is 66.8 Å². The number of hydrogen-bond donors (Lipinski definition) is 1. The number of carbonyl (C=O) groups excluding carboxylic acids is 1. The van der Waals surface area contributed by atoms with Gasteiger partial charge in [0.1, 0.15) is 10.1 Å². The predicted octanol–water partition coefficient (Wildman–Crippen LogP) is 5.27. The van der Waals surface area contributed by atoms with Gasteiger partial charge in [-0.15, -0.1) is 0 Å². The van der Waals surface area contributed by atoms with Gasteiger partial charge in [-0.1, -0.05) is 77.2 Å². The van der Waals surface area contributed by atoms with Crippen LogP contribution in [-0.2, 0) is 9.59 Å².